The van der Waals surface area contributed by atoms with Crippen molar-refractivity contribution in [1.29, 1.82) is 0 Å². The van der Waals surface area contributed by atoms with Crippen LogP contribution >= 0.6 is 15.9 Å². The van der Waals surface area contributed by atoms with Crippen LogP contribution in [0.15, 0.2) is 22.7 Å². The van der Waals surface area contributed by atoms with Crippen LogP contribution < -0.4 is 5.32 Å². The highest BCUT2D eigenvalue weighted by atomic mass is 79.9. The third kappa shape index (κ3) is 5.48. The number of hydrogen-bond donors (Lipinski definition) is 1. The van der Waals surface area contributed by atoms with Gasteiger partial charge in [-0.15, -0.1) is 0 Å². The largest absolute Gasteiger partial charge is 0.452 e. The SMILES string of the molecule is COCCNC(=O)COC(=O)c1ccc(Br)c([N+](=O)[O-])c1. The van der Waals surface area contributed by atoms with Crippen LogP contribution in [-0.2, 0) is 14.3 Å². The lowest BCUT2D eigenvalue weighted by atomic mass is 10.2. The molecular weight excluding hydrogens is 348 g/mol. The Labute approximate surface area is 128 Å². The molecule has 0 spiro atoms. The van der Waals surface area contributed by atoms with Crippen molar-refractivity contribution in [3.8, 4) is 0 Å². The van der Waals surface area contributed by atoms with Gasteiger partial charge < -0.3 is 14.8 Å². The van der Waals surface area contributed by atoms with Gasteiger partial charge in [-0.1, -0.05) is 0 Å². The standard InChI is InChI=1S/C12H13BrN2O6/c1-20-5-4-14-11(16)7-21-12(17)8-2-3-9(13)10(6-8)15(18)19/h2-3,6H,4-5,7H2,1H3,(H,14,16). The van der Waals surface area contributed by atoms with Crippen LogP contribution in [0.5, 0.6) is 0 Å². The molecule has 1 rings (SSSR count). The van der Waals surface area contributed by atoms with Crippen LogP contribution in [0.2, 0.25) is 0 Å². The van der Waals surface area contributed by atoms with Gasteiger partial charge in [0, 0.05) is 19.7 Å². The molecule has 0 bridgehead atoms. The molecule has 0 aliphatic carbocycles. The molecule has 0 saturated heterocycles. The Morgan fingerprint density at radius 1 is 1.43 bits per heavy atom. The fourth-order valence-corrected chi connectivity index (χ4v) is 1.73. The molecule has 0 unspecified atom stereocenters. The minimum Gasteiger partial charge on any atom is -0.452 e. The Kier molecular flexibility index (Phi) is 6.76. The first-order valence-electron chi connectivity index (χ1n) is 5.82. The molecule has 0 aliphatic heterocycles. The first-order valence-corrected chi connectivity index (χ1v) is 6.61. The smallest absolute Gasteiger partial charge is 0.338 e. The summed E-state index contributed by atoms with van der Waals surface area (Å²) in [6.45, 7) is 0.182. The summed E-state index contributed by atoms with van der Waals surface area (Å²) in [5.41, 5.74) is -0.261. The predicted octanol–water partition coefficient (Wildman–Crippen LogP) is 1.28. The molecule has 0 aromatic heterocycles. The monoisotopic (exact) mass is 360 g/mol. The molecule has 9 heteroatoms. The number of carbonyl (C=O) groups excluding carboxylic acids is 2. The number of carbonyl (C=O) groups is 2. The Morgan fingerprint density at radius 3 is 2.76 bits per heavy atom. The van der Waals surface area contributed by atoms with Crippen molar-refractivity contribution >= 4 is 33.5 Å². The number of amides is 1. The van der Waals surface area contributed by atoms with Crippen molar-refractivity contribution in [3.05, 3.63) is 38.3 Å². The fraction of sp³-hybridized carbons (Fsp3) is 0.333. The number of nitrogens with one attached hydrogen (secondary N) is 1. The Balaban J connectivity index is 2.58. The molecule has 1 N–H and O–H groups in total. The number of nitrogens with zero attached hydrogens (tertiary/aromatic N) is 1. The highest BCUT2D eigenvalue weighted by Crippen LogP contribution is 2.25. The van der Waals surface area contributed by atoms with Crippen molar-refractivity contribution in [2.45, 2.75) is 0 Å². The second-order valence-electron chi connectivity index (χ2n) is 3.84. The zero-order valence-corrected chi connectivity index (χ0v) is 12.7. The van der Waals surface area contributed by atoms with Gasteiger partial charge in [0.05, 0.1) is 21.6 Å². The van der Waals surface area contributed by atoms with Gasteiger partial charge in [0.1, 0.15) is 0 Å². The summed E-state index contributed by atoms with van der Waals surface area (Å²) in [6, 6.07) is 3.81. The molecule has 0 aliphatic rings. The van der Waals surface area contributed by atoms with E-state index in [1.54, 1.807) is 0 Å². The van der Waals surface area contributed by atoms with E-state index in [0.29, 0.717) is 13.2 Å². The number of rotatable bonds is 7. The van der Waals surface area contributed by atoms with Crippen molar-refractivity contribution in [2.75, 3.05) is 26.9 Å². The summed E-state index contributed by atoms with van der Waals surface area (Å²) in [7, 11) is 1.49. The van der Waals surface area contributed by atoms with Crippen molar-refractivity contribution in [3.63, 3.8) is 0 Å². The van der Waals surface area contributed by atoms with Gasteiger partial charge in [-0.25, -0.2) is 4.79 Å². The van der Waals surface area contributed by atoms with Gasteiger partial charge in [-0.05, 0) is 28.1 Å². The average molecular weight is 361 g/mol. The number of esters is 1. The van der Waals surface area contributed by atoms with E-state index in [0.717, 1.165) is 6.07 Å². The number of hydrogen-bond acceptors (Lipinski definition) is 6. The summed E-state index contributed by atoms with van der Waals surface area (Å²) in [6.07, 6.45) is 0. The minimum atomic E-state index is -0.813. The lowest BCUT2D eigenvalue weighted by Crippen LogP contribution is -2.31. The van der Waals surface area contributed by atoms with Crippen LogP contribution in [0.3, 0.4) is 0 Å². The van der Waals surface area contributed by atoms with Gasteiger partial charge >= 0.3 is 5.97 Å². The topological polar surface area (TPSA) is 108 Å². The van der Waals surface area contributed by atoms with E-state index in [4.69, 9.17) is 9.47 Å². The van der Waals surface area contributed by atoms with E-state index in [-0.39, 0.29) is 15.7 Å². The summed E-state index contributed by atoms with van der Waals surface area (Å²) < 4.78 is 9.76. The number of benzene rings is 1. The van der Waals surface area contributed by atoms with E-state index in [9.17, 15) is 19.7 Å². The molecule has 114 valence electrons. The van der Waals surface area contributed by atoms with Crippen LogP contribution in [0.1, 0.15) is 10.4 Å². The molecule has 8 nitrogen and oxygen atoms in total. The molecule has 0 saturated carbocycles. The van der Waals surface area contributed by atoms with Gasteiger partial charge in [-0.3, -0.25) is 14.9 Å². The van der Waals surface area contributed by atoms with Crippen molar-refractivity contribution in [2.24, 2.45) is 0 Å². The number of nitro groups is 1. The summed E-state index contributed by atoms with van der Waals surface area (Å²) >= 11 is 3.01. The van der Waals surface area contributed by atoms with Crippen LogP contribution in [0.25, 0.3) is 0 Å². The fourth-order valence-electron chi connectivity index (χ4n) is 1.34. The molecular formula is C12H13BrN2O6. The number of nitro benzene ring substituents is 1. The maximum atomic E-state index is 11.7. The minimum absolute atomic E-state index is 0.00501. The van der Waals surface area contributed by atoms with Gasteiger partial charge in [0.25, 0.3) is 11.6 Å². The van der Waals surface area contributed by atoms with E-state index in [2.05, 4.69) is 21.2 Å². The summed E-state index contributed by atoms with van der Waals surface area (Å²) in [5, 5.41) is 13.2. The number of ether oxygens (including phenoxy) is 2. The summed E-state index contributed by atoms with van der Waals surface area (Å²) in [4.78, 5) is 33.2. The predicted molar refractivity (Wildman–Crippen MR) is 76.0 cm³/mol. The van der Waals surface area contributed by atoms with E-state index in [1.165, 1.54) is 19.2 Å². The zero-order valence-electron chi connectivity index (χ0n) is 11.1. The highest BCUT2D eigenvalue weighted by molar-refractivity contribution is 9.10. The summed E-state index contributed by atoms with van der Waals surface area (Å²) in [5.74, 6) is -1.29. The van der Waals surface area contributed by atoms with Crippen LogP contribution in [-0.4, -0.2) is 43.7 Å². The Bertz CT molecular complexity index is 549. The average Bonchev–Trinajstić information content (AvgIpc) is 2.45. The lowest BCUT2D eigenvalue weighted by molar-refractivity contribution is -0.385. The van der Waals surface area contributed by atoms with Gasteiger partial charge in [0.2, 0.25) is 0 Å². The Hall–Kier alpha value is -2.00. The zero-order chi connectivity index (χ0) is 15.8. The highest BCUT2D eigenvalue weighted by Gasteiger charge is 2.17. The molecule has 1 aromatic carbocycles. The maximum Gasteiger partial charge on any atom is 0.338 e. The van der Waals surface area contributed by atoms with E-state index >= 15 is 0 Å². The molecule has 21 heavy (non-hydrogen) atoms. The number of halogens is 1. The molecule has 1 amide bonds. The lowest BCUT2D eigenvalue weighted by Gasteiger charge is -2.06. The maximum absolute atomic E-state index is 11.7. The molecule has 0 heterocycles. The molecule has 0 radical (unpaired) electrons. The molecule has 0 fully saturated rings. The first kappa shape index (κ1) is 17.1. The van der Waals surface area contributed by atoms with E-state index < -0.39 is 23.4 Å². The van der Waals surface area contributed by atoms with Crippen LogP contribution in [0, 0.1) is 10.1 Å². The molecule has 0 atom stereocenters. The van der Waals surface area contributed by atoms with Gasteiger partial charge in [0.15, 0.2) is 6.61 Å². The first-order chi connectivity index (χ1) is 9.95. The van der Waals surface area contributed by atoms with Crippen molar-refractivity contribution in [1.82, 2.24) is 5.32 Å². The quantitative estimate of drug-likeness (QED) is 0.339. The second kappa shape index (κ2) is 8.32. The number of methoxy groups -OCH3 is 1. The van der Waals surface area contributed by atoms with Gasteiger partial charge in [-0.2, -0.15) is 0 Å². The van der Waals surface area contributed by atoms with E-state index in [1.807, 2.05) is 0 Å². The second-order valence-corrected chi connectivity index (χ2v) is 4.70. The normalized spacial score (nSPS) is 10.0. The Morgan fingerprint density at radius 2 is 2.14 bits per heavy atom. The van der Waals surface area contributed by atoms with Crippen molar-refractivity contribution < 1.29 is 24.0 Å². The third-order valence-corrected chi connectivity index (χ3v) is 3.01. The molecule has 1 aromatic rings. The third-order valence-electron chi connectivity index (χ3n) is 2.34. The van der Waals surface area contributed by atoms with Crippen LogP contribution in [0.4, 0.5) is 5.69 Å².